The topological polar surface area (TPSA) is 78.4 Å². The first-order valence-electron chi connectivity index (χ1n) is 5.65. The number of hydrogen-bond acceptors (Lipinski definition) is 3. The summed E-state index contributed by atoms with van der Waals surface area (Å²) in [4.78, 5) is 22.7. The Morgan fingerprint density at radius 3 is 2.79 bits per heavy atom. The van der Waals surface area contributed by atoms with Crippen molar-refractivity contribution >= 4 is 29.2 Å². The van der Waals surface area contributed by atoms with Gasteiger partial charge < -0.3 is 15.7 Å². The van der Waals surface area contributed by atoms with Crippen molar-refractivity contribution in [1.82, 2.24) is 5.32 Å². The highest BCUT2D eigenvalue weighted by molar-refractivity contribution is 6.30. The van der Waals surface area contributed by atoms with Crippen LogP contribution in [0.5, 0.6) is 0 Å². The first kappa shape index (κ1) is 15.2. The van der Waals surface area contributed by atoms with E-state index in [9.17, 15) is 9.59 Å². The number of amides is 1. The highest BCUT2D eigenvalue weighted by Gasteiger charge is 2.20. The number of aliphatic carboxylic acids is 1. The van der Waals surface area contributed by atoms with Crippen molar-refractivity contribution in [3.05, 3.63) is 41.9 Å². The number of nitrogens with one attached hydrogen (secondary N) is 2. The molecule has 0 radical (unpaired) electrons. The summed E-state index contributed by atoms with van der Waals surface area (Å²) in [5.41, 5.74) is 0.533. The lowest BCUT2D eigenvalue weighted by molar-refractivity contribution is -0.140. The molecule has 0 bridgehead atoms. The molecule has 0 saturated heterocycles. The third-order valence-corrected chi connectivity index (χ3v) is 2.54. The molecule has 1 aromatic carbocycles. The van der Waals surface area contributed by atoms with Gasteiger partial charge >= 0.3 is 5.97 Å². The molecule has 102 valence electrons. The Bertz CT molecular complexity index is 477. The summed E-state index contributed by atoms with van der Waals surface area (Å²) in [5.74, 6) is -1.48. The van der Waals surface area contributed by atoms with Crippen LogP contribution in [0.2, 0.25) is 5.02 Å². The van der Waals surface area contributed by atoms with E-state index >= 15 is 0 Å². The number of benzene rings is 1. The van der Waals surface area contributed by atoms with Crippen LogP contribution < -0.4 is 10.6 Å². The predicted octanol–water partition coefficient (Wildman–Crippen LogP) is 1.90. The molecule has 19 heavy (non-hydrogen) atoms. The number of rotatable bonds is 7. The van der Waals surface area contributed by atoms with E-state index in [0.717, 1.165) is 0 Å². The van der Waals surface area contributed by atoms with Gasteiger partial charge in [-0.05, 0) is 18.2 Å². The van der Waals surface area contributed by atoms with Gasteiger partial charge in [0.2, 0.25) is 5.91 Å². The zero-order chi connectivity index (χ0) is 14.3. The highest BCUT2D eigenvalue weighted by Crippen LogP contribution is 2.15. The molecule has 1 amide bonds. The van der Waals surface area contributed by atoms with Gasteiger partial charge in [-0.2, -0.15) is 0 Å². The van der Waals surface area contributed by atoms with Gasteiger partial charge in [-0.1, -0.05) is 23.7 Å². The summed E-state index contributed by atoms with van der Waals surface area (Å²) >= 11 is 5.78. The van der Waals surface area contributed by atoms with Crippen LogP contribution >= 0.6 is 11.6 Å². The summed E-state index contributed by atoms with van der Waals surface area (Å²) in [5, 5.41) is 14.7. The fraction of sp³-hybridized carbons (Fsp3) is 0.231. The van der Waals surface area contributed by atoms with Gasteiger partial charge in [0.1, 0.15) is 6.04 Å². The number of carbonyl (C=O) groups excluding carboxylic acids is 1. The minimum atomic E-state index is -1.08. The first-order chi connectivity index (χ1) is 9.02. The van der Waals surface area contributed by atoms with E-state index in [1.54, 1.807) is 24.3 Å². The van der Waals surface area contributed by atoms with Crippen LogP contribution in [0.3, 0.4) is 0 Å². The summed E-state index contributed by atoms with van der Waals surface area (Å²) in [6.45, 7) is 3.80. The zero-order valence-corrected chi connectivity index (χ0v) is 11.0. The van der Waals surface area contributed by atoms with Crippen LogP contribution in [0.25, 0.3) is 0 Å². The number of halogens is 1. The molecule has 1 atom stereocenters. The molecule has 0 saturated carbocycles. The maximum Gasteiger partial charge on any atom is 0.321 e. The van der Waals surface area contributed by atoms with Gasteiger partial charge in [-0.3, -0.25) is 9.59 Å². The minimum Gasteiger partial charge on any atom is -0.480 e. The van der Waals surface area contributed by atoms with Crippen molar-refractivity contribution in [2.75, 3.05) is 11.9 Å². The van der Waals surface area contributed by atoms with E-state index in [2.05, 4.69) is 17.2 Å². The molecule has 0 aliphatic heterocycles. The Kier molecular flexibility index (Phi) is 6.05. The average Bonchev–Trinajstić information content (AvgIpc) is 2.34. The Labute approximate surface area is 116 Å². The SMILES string of the molecule is C=CCN[C@H](CC(=O)Nc1cccc(Cl)c1)C(=O)O. The normalized spacial score (nSPS) is 11.6. The largest absolute Gasteiger partial charge is 0.480 e. The lowest BCUT2D eigenvalue weighted by Crippen LogP contribution is -2.39. The minimum absolute atomic E-state index is 0.171. The molecule has 0 spiro atoms. The average molecular weight is 283 g/mol. The van der Waals surface area contributed by atoms with E-state index in [4.69, 9.17) is 16.7 Å². The second-order valence-corrected chi connectivity index (χ2v) is 4.29. The van der Waals surface area contributed by atoms with Crippen LogP contribution in [-0.4, -0.2) is 29.6 Å². The molecule has 1 rings (SSSR count). The van der Waals surface area contributed by atoms with Gasteiger partial charge in [-0.15, -0.1) is 6.58 Å². The number of hydrogen-bond donors (Lipinski definition) is 3. The van der Waals surface area contributed by atoms with Crippen molar-refractivity contribution in [1.29, 1.82) is 0 Å². The molecule has 0 aliphatic rings. The Morgan fingerprint density at radius 1 is 1.47 bits per heavy atom. The molecule has 0 aliphatic carbocycles. The van der Waals surface area contributed by atoms with Crippen molar-refractivity contribution in [3.8, 4) is 0 Å². The van der Waals surface area contributed by atoms with E-state index in [0.29, 0.717) is 17.3 Å². The number of carboxylic acids is 1. The van der Waals surface area contributed by atoms with E-state index in [-0.39, 0.29) is 6.42 Å². The van der Waals surface area contributed by atoms with Crippen molar-refractivity contribution in [3.63, 3.8) is 0 Å². The van der Waals surface area contributed by atoms with Crippen LogP contribution in [0.15, 0.2) is 36.9 Å². The molecule has 0 aromatic heterocycles. The summed E-state index contributed by atoms with van der Waals surface area (Å²) < 4.78 is 0. The molecule has 0 fully saturated rings. The van der Waals surface area contributed by atoms with Gasteiger partial charge in [-0.25, -0.2) is 0 Å². The molecular formula is C13H15ClN2O3. The fourth-order valence-corrected chi connectivity index (χ4v) is 1.63. The number of carbonyl (C=O) groups is 2. The maximum atomic E-state index is 11.7. The molecule has 1 aromatic rings. The summed E-state index contributed by atoms with van der Waals surface area (Å²) in [6.07, 6.45) is 1.36. The second kappa shape index (κ2) is 7.56. The van der Waals surface area contributed by atoms with Crippen LogP contribution in [0, 0.1) is 0 Å². The molecule has 0 unspecified atom stereocenters. The quantitative estimate of drug-likeness (QED) is 0.668. The summed E-state index contributed by atoms with van der Waals surface area (Å²) in [6, 6.07) is 5.70. The van der Waals surface area contributed by atoms with Crippen LogP contribution in [0.4, 0.5) is 5.69 Å². The molecule has 6 heteroatoms. The van der Waals surface area contributed by atoms with Crippen molar-refractivity contribution in [2.24, 2.45) is 0 Å². The zero-order valence-electron chi connectivity index (χ0n) is 10.2. The predicted molar refractivity (Wildman–Crippen MR) is 74.3 cm³/mol. The maximum absolute atomic E-state index is 11.7. The third-order valence-electron chi connectivity index (χ3n) is 2.30. The number of carboxylic acid groups (broad SMARTS) is 1. The van der Waals surface area contributed by atoms with Gasteiger partial charge in [0.15, 0.2) is 0 Å². The lowest BCUT2D eigenvalue weighted by Gasteiger charge is -2.13. The fourth-order valence-electron chi connectivity index (χ4n) is 1.44. The molecule has 0 heterocycles. The van der Waals surface area contributed by atoms with Gasteiger partial charge in [0, 0.05) is 17.3 Å². The van der Waals surface area contributed by atoms with Crippen molar-refractivity contribution < 1.29 is 14.7 Å². The Morgan fingerprint density at radius 2 is 2.21 bits per heavy atom. The van der Waals surface area contributed by atoms with Gasteiger partial charge in [0.05, 0.1) is 6.42 Å². The highest BCUT2D eigenvalue weighted by atomic mass is 35.5. The summed E-state index contributed by atoms with van der Waals surface area (Å²) in [7, 11) is 0. The smallest absolute Gasteiger partial charge is 0.321 e. The van der Waals surface area contributed by atoms with Crippen LogP contribution in [-0.2, 0) is 9.59 Å². The number of anilines is 1. The molecule has 5 nitrogen and oxygen atoms in total. The van der Waals surface area contributed by atoms with E-state index in [1.807, 2.05) is 0 Å². The first-order valence-corrected chi connectivity index (χ1v) is 6.03. The van der Waals surface area contributed by atoms with Gasteiger partial charge in [0.25, 0.3) is 0 Å². The second-order valence-electron chi connectivity index (χ2n) is 3.85. The van der Waals surface area contributed by atoms with E-state index < -0.39 is 17.9 Å². The van der Waals surface area contributed by atoms with Crippen LogP contribution in [0.1, 0.15) is 6.42 Å². The Balaban J connectivity index is 2.57. The molecule has 3 N–H and O–H groups in total. The van der Waals surface area contributed by atoms with Crippen molar-refractivity contribution in [2.45, 2.75) is 12.5 Å². The molecular weight excluding hydrogens is 268 g/mol. The monoisotopic (exact) mass is 282 g/mol. The standard InChI is InChI=1S/C13H15ClN2O3/c1-2-6-15-11(13(18)19)8-12(17)16-10-5-3-4-9(14)7-10/h2-5,7,11,15H,1,6,8H2,(H,16,17)(H,18,19)/t11-/m1/s1. The lowest BCUT2D eigenvalue weighted by atomic mass is 10.2. The van der Waals surface area contributed by atoms with E-state index in [1.165, 1.54) is 6.08 Å². The third kappa shape index (κ3) is 5.54. The Hall–Kier alpha value is -1.85.